The molecular weight excluding hydrogens is 343 g/mol. The molecular formula is C15H18Cl2N2O4. The van der Waals surface area contributed by atoms with E-state index in [0.717, 1.165) is 0 Å². The van der Waals surface area contributed by atoms with Crippen LogP contribution in [0.15, 0.2) is 18.2 Å². The van der Waals surface area contributed by atoms with Crippen molar-refractivity contribution in [2.75, 3.05) is 13.2 Å². The normalized spacial score (nSPS) is 11.5. The highest BCUT2D eigenvalue weighted by Crippen LogP contribution is 2.21. The minimum Gasteiger partial charge on any atom is -0.455 e. The molecule has 2 N–H and O–H groups in total. The standard InChI is InChI=1S/C15H18Cl2N2O4/c1-3-18-15(22)9(2)19-13(20)8-23-14(21)6-10-4-5-11(16)7-12(10)17/h4-5,7,9H,3,6,8H2,1-2H3,(H,18,22)(H,19,20)/t9-/m0/s1. The van der Waals surface area contributed by atoms with E-state index in [2.05, 4.69) is 10.6 Å². The van der Waals surface area contributed by atoms with E-state index in [4.69, 9.17) is 27.9 Å². The van der Waals surface area contributed by atoms with Gasteiger partial charge in [-0.25, -0.2) is 0 Å². The van der Waals surface area contributed by atoms with Gasteiger partial charge in [0.25, 0.3) is 5.91 Å². The van der Waals surface area contributed by atoms with Gasteiger partial charge in [-0.05, 0) is 31.5 Å². The molecule has 0 aromatic heterocycles. The van der Waals surface area contributed by atoms with Gasteiger partial charge >= 0.3 is 5.97 Å². The number of rotatable bonds is 7. The molecule has 0 saturated carbocycles. The highest BCUT2D eigenvalue weighted by molar-refractivity contribution is 6.35. The quantitative estimate of drug-likeness (QED) is 0.725. The van der Waals surface area contributed by atoms with Gasteiger partial charge in [-0.1, -0.05) is 29.3 Å². The Morgan fingerprint density at radius 1 is 1.26 bits per heavy atom. The van der Waals surface area contributed by atoms with Crippen molar-refractivity contribution in [3.63, 3.8) is 0 Å². The van der Waals surface area contributed by atoms with Gasteiger partial charge in [0.1, 0.15) is 6.04 Å². The summed E-state index contributed by atoms with van der Waals surface area (Å²) in [5.74, 6) is -1.46. The first-order valence-electron chi connectivity index (χ1n) is 7.00. The second-order valence-corrected chi connectivity index (χ2v) is 5.60. The van der Waals surface area contributed by atoms with Crippen LogP contribution >= 0.6 is 23.2 Å². The van der Waals surface area contributed by atoms with Crippen LogP contribution in [-0.2, 0) is 25.5 Å². The zero-order chi connectivity index (χ0) is 17.4. The summed E-state index contributed by atoms with van der Waals surface area (Å²) in [6, 6.07) is 4.04. The number of esters is 1. The molecule has 0 unspecified atom stereocenters. The summed E-state index contributed by atoms with van der Waals surface area (Å²) in [4.78, 5) is 34.8. The highest BCUT2D eigenvalue weighted by Gasteiger charge is 2.16. The van der Waals surface area contributed by atoms with Gasteiger partial charge in [-0.2, -0.15) is 0 Å². The van der Waals surface area contributed by atoms with Gasteiger partial charge in [0, 0.05) is 16.6 Å². The van der Waals surface area contributed by atoms with Crippen molar-refractivity contribution >= 4 is 41.0 Å². The van der Waals surface area contributed by atoms with E-state index in [1.54, 1.807) is 19.1 Å². The fourth-order valence-electron chi connectivity index (χ4n) is 1.69. The number of amides is 2. The minimum absolute atomic E-state index is 0.0742. The van der Waals surface area contributed by atoms with Crippen molar-refractivity contribution in [2.45, 2.75) is 26.3 Å². The Bertz CT molecular complexity index is 593. The van der Waals surface area contributed by atoms with Crippen molar-refractivity contribution in [1.82, 2.24) is 10.6 Å². The molecule has 0 aliphatic heterocycles. The third kappa shape index (κ3) is 6.88. The molecule has 1 aromatic carbocycles. The second-order valence-electron chi connectivity index (χ2n) is 4.76. The van der Waals surface area contributed by atoms with Crippen LogP contribution in [0.5, 0.6) is 0 Å². The first kappa shape index (κ1) is 19.3. The van der Waals surface area contributed by atoms with E-state index < -0.39 is 24.5 Å². The monoisotopic (exact) mass is 360 g/mol. The van der Waals surface area contributed by atoms with Crippen LogP contribution in [0.25, 0.3) is 0 Å². The summed E-state index contributed by atoms with van der Waals surface area (Å²) < 4.78 is 4.86. The summed E-state index contributed by atoms with van der Waals surface area (Å²) in [5.41, 5.74) is 0.553. The van der Waals surface area contributed by atoms with Crippen LogP contribution in [0.4, 0.5) is 0 Å². The Labute approximate surface area is 144 Å². The number of ether oxygens (including phenoxy) is 1. The zero-order valence-corrected chi connectivity index (χ0v) is 14.3. The van der Waals surface area contributed by atoms with Crippen LogP contribution in [0, 0.1) is 0 Å². The number of carbonyl (C=O) groups excluding carboxylic acids is 3. The van der Waals surface area contributed by atoms with E-state index in [-0.39, 0.29) is 12.3 Å². The Hall–Kier alpha value is -1.79. The number of halogens is 2. The smallest absolute Gasteiger partial charge is 0.310 e. The van der Waals surface area contributed by atoms with Crippen molar-refractivity contribution in [1.29, 1.82) is 0 Å². The SMILES string of the molecule is CCNC(=O)[C@H](C)NC(=O)COC(=O)Cc1ccc(Cl)cc1Cl. The summed E-state index contributed by atoms with van der Waals surface area (Å²) >= 11 is 11.7. The molecule has 1 rings (SSSR count). The maximum absolute atomic E-state index is 11.7. The fourth-order valence-corrected chi connectivity index (χ4v) is 2.17. The van der Waals surface area contributed by atoms with Crippen LogP contribution < -0.4 is 10.6 Å². The van der Waals surface area contributed by atoms with Gasteiger partial charge in [0.2, 0.25) is 5.91 Å². The van der Waals surface area contributed by atoms with Crippen molar-refractivity contribution in [3.8, 4) is 0 Å². The number of benzene rings is 1. The van der Waals surface area contributed by atoms with Gasteiger partial charge in [0.05, 0.1) is 6.42 Å². The molecule has 23 heavy (non-hydrogen) atoms. The lowest BCUT2D eigenvalue weighted by Gasteiger charge is -2.13. The van der Waals surface area contributed by atoms with Crippen molar-refractivity contribution < 1.29 is 19.1 Å². The molecule has 2 amide bonds. The van der Waals surface area contributed by atoms with E-state index >= 15 is 0 Å². The molecule has 1 atom stereocenters. The molecule has 0 spiro atoms. The average molecular weight is 361 g/mol. The lowest BCUT2D eigenvalue weighted by atomic mass is 10.1. The maximum atomic E-state index is 11.7. The molecule has 0 radical (unpaired) electrons. The lowest BCUT2D eigenvalue weighted by molar-refractivity contribution is -0.148. The number of hydrogen-bond donors (Lipinski definition) is 2. The maximum Gasteiger partial charge on any atom is 0.310 e. The predicted molar refractivity (Wildman–Crippen MR) is 87.4 cm³/mol. The molecule has 0 heterocycles. The second kappa shape index (κ2) is 9.37. The minimum atomic E-state index is -0.702. The van der Waals surface area contributed by atoms with Crippen LogP contribution in [0.2, 0.25) is 10.0 Å². The zero-order valence-electron chi connectivity index (χ0n) is 12.8. The van der Waals surface area contributed by atoms with Gasteiger partial charge < -0.3 is 15.4 Å². The molecule has 1 aromatic rings. The largest absolute Gasteiger partial charge is 0.455 e. The van der Waals surface area contributed by atoms with Crippen molar-refractivity contribution in [3.05, 3.63) is 33.8 Å². The lowest BCUT2D eigenvalue weighted by Crippen LogP contribution is -2.46. The number of likely N-dealkylation sites (N-methyl/N-ethyl adjacent to an activating group) is 1. The number of carbonyl (C=O) groups is 3. The first-order chi connectivity index (χ1) is 10.8. The van der Waals surface area contributed by atoms with E-state index in [1.165, 1.54) is 13.0 Å². The Kier molecular flexibility index (Phi) is 7.85. The Morgan fingerprint density at radius 2 is 1.96 bits per heavy atom. The Balaban J connectivity index is 2.40. The fraction of sp³-hybridized carbons (Fsp3) is 0.400. The number of hydrogen-bond acceptors (Lipinski definition) is 4. The molecule has 0 aliphatic rings. The van der Waals surface area contributed by atoms with Gasteiger partial charge in [0.15, 0.2) is 6.61 Å². The summed E-state index contributed by atoms with van der Waals surface area (Å²) in [6.07, 6.45) is -0.0742. The Morgan fingerprint density at radius 3 is 2.57 bits per heavy atom. The molecule has 0 saturated heterocycles. The molecule has 0 bridgehead atoms. The van der Waals surface area contributed by atoms with Crippen LogP contribution in [0.3, 0.4) is 0 Å². The summed E-state index contributed by atoms with van der Waals surface area (Å²) in [7, 11) is 0. The van der Waals surface area contributed by atoms with Gasteiger partial charge in [-0.15, -0.1) is 0 Å². The first-order valence-corrected chi connectivity index (χ1v) is 7.75. The topological polar surface area (TPSA) is 84.5 Å². The highest BCUT2D eigenvalue weighted by atomic mass is 35.5. The van der Waals surface area contributed by atoms with Crippen molar-refractivity contribution in [2.24, 2.45) is 0 Å². The van der Waals surface area contributed by atoms with E-state index in [9.17, 15) is 14.4 Å². The summed E-state index contributed by atoms with van der Waals surface area (Å²) in [5, 5.41) is 5.82. The molecule has 126 valence electrons. The van der Waals surface area contributed by atoms with E-state index in [1.807, 2.05) is 0 Å². The third-order valence-corrected chi connectivity index (χ3v) is 3.42. The van der Waals surface area contributed by atoms with Crippen LogP contribution in [0.1, 0.15) is 19.4 Å². The molecule has 8 heteroatoms. The summed E-state index contributed by atoms with van der Waals surface area (Å²) in [6.45, 7) is 3.32. The van der Waals surface area contributed by atoms with Gasteiger partial charge in [-0.3, -0.25) is 14.4 Å². The molecule has 0 aliphatic carbocycles. The number of nitrogens with one attached hydrogen (secondary N) is 2. The third-order valence-electron chi connectivity index (χ3n) is 2.84. The predicted octanol–water partition coefficient (Wildman–Crippen LogP) is 1.72. The van der Waals surface area contributed by atoms with Crippen LogP contribution in [-0.4, -0.2) is 37.0 Å². The molecule has 0 fully saturated rings. The van der Waals surface area contributed by atoms with E-state index in [0.29, 0.717) is 22.2 Å². The molecule has 6 nitrogen and oxygen atoms in total. The average Bonchev–Trinajstić information content (AvgIpc) is 2.48.